The number of nitrogens with two attached hydrogens (primary N) is 1. The van der Waals surface area contributed by atoms with E-state index in [-0.39, 0.29) is 6.04 Å². The molecular weight excluding hydrogens is 256 g/mol. The standard InChI is InChI=1S/C19H24N2/c1-2-7-14-8-6-11-16(12-14)19(21-20)18-13-17(18)15-9-4-3-5-10-15/h3-6,8-12,17-19,21H,2,7,13,20H2,1H3. The minimum absolute atomic E-state index is 0.256. The molecule has 2 heteroatoms. The van der Waals surface area contributed by atoms with Crippen molar-refractivity contribution >= 4 is 0 Å². The molecule has 21 heavy (non-hydrogen) atoms. The first-order valence-electron chi connectivity index (χ1n) is 7.93. The van der Waals surface area contributed by atoms with Crippen molar-refractivity contribution in [1.29, 1.82) is 0 Å². The van der Waals surface area contributed by atoms with Gasteiger partial charge in [-0.15, -0.1) is 0 Å². The SMILES string of the molecule is CCCc1cccc(C(NN)C2CC2c2ccccc2)c1. The van der Waals surface area contributed by atoms with Gasteiger partial charge in [0.25, 0.3) is 0 Å². The van der Waals surface area contributed by atoms with Crippen LogP contribution in [0.25, 0.3) is 0 Å². The summed E-state index contributed by atoms with van der Waals surface area (Å²) in [5, 5.41) is 0. The molecule has 0 aromatic heterocycles. The molecule has 1 aliphatic carbocycles. The third-order valence-corrected chi connectivity index (χ3v) is 4.52. The van der Waals surface area contributed by atoms with Crippen LogP contribution < -0.4 is 11.3 Å². The fourth-order valence-electron chi connectivity index (χ4n) is 3.36. The van der Waals surface area contributed by atoms with Gasteiger partial charge in [0.05, 0.1) is 0 Å². The highest BCUT2D eigenvalue weighted by molar-refractivity contribution is 5.32. The Morgan fingerprint density at radius 3 is 2.67 bits per heavy atom. The largest absolute Gasteiger partial charge is 0.271 e. The van der Waals surface area contributed by atoms with Gasteiger partial charge in [-0.25, -0.2) is 0 Å². The molecule has 0 aliphatic heterocycles. The van der Waals surface area contributed by atoms with Gasteiger partial charge >= 0.3 is 0 Å². The summed E-state index contributed by atoms with van der Waals surface area (Å²) in [6.45, 7) is 2.22. The van der Waals surface area contributed by atoms with Gasteiger partial charge < -0.3 is 0 Å². The first kappa shape index (κ1) is 14.3. The lowest BCUT2D eigenvalue weighted by Crippen LogP contribution is -2.30. The van der Waals surface area contributed by atoms with Crippen LogP contribution in [0, 0.1) is 5.92 Å². The highest BCUT2D eigenvalue weighted by atomic mass is 15.2. The molecule has 2 aromatic rings. The molecule has 0 heterocycles. The summed E-state index contributed by atoms with van der Waals surface area (Å²) in [5.74, 6) is 7.11. The number of aryl methyl sites for hydroxylation is 1. The summed E-state index contributed by atoms with van der Waals surface area (Å²) < 4.78 is 0. The van der Waals surface area contributed by atoms with Crippen molar-refractivity contribution in [3.05, 3.63) is 71.3 Å². The van der Waals surface area contributed by atoms with E-state index in [4.69, 9.17) is 5.84 Å². The van der Waals surface area contributed by atoms with Crippen LogP contribution in [0.2, 0.25) is 0 Å². The van der Waals surface area contributed by atoms with E-state index in [0.717, 1.165) is 6.42 Å². The maximum Gasteiger partial charge on any atom is 0.0494 e. The number of benzene rings is 2. The fourth-order valence-corrected chi connectivity index (χ4v) is 3.36. The van der Waals surface area contributed by atoms with Gasteiger partial charge in [0, 0.05) is 6.04 Å². The van der Waals surface area contributed by atoms with Crippen molar-refractivity contribution in [2.45, 2.75) is 38.1 Å². The normalized spacial score (nSPS) is 22.0. The van der Waals surface area contributed by atoms with E-state index in [0.29, 0.717) is 11.8 Å². The molecule has 1 saturated carbocycles. The van der Waals surface area contributed by atoms with Crippen molar-refractivity contribution in [1.82, 2.24) is 5.43 Å². The lowest BCUT2D eigenvalue weighted by atomic mass is 9.97. The summed E-state index contributed by atoms with van der Waals surface area (Å²) >= 11 is 0. The minimum Gasteiger partial charge on any atom is -0.271 e. The molecule has 3 N–H and O–H groups in total. The second-order valence-corrected chi connectivity index (χ2v) is 6.06. The Labute approximate surface area is 127 Å². The highest BCUT2D eigenvalue weighted by Crippen LogP contribution is 2.53. The molecule has 1 aliphatic rings. The van der Waals surface area contributed by atoms with Crippen molar-refractivity contribution < 1.29 is 0 Å². The molecular formula is C19H24N2. The molecule has 0 bridgehead atoms. The smallest absolute Gasteiger partial charge is 0.0494 e. The molecule has 0 amide bonds. The molecule has 0 radical (unpaired) electrons. The Hall–Kier alpha value is -1.64. The molecule has 3 unspecified atom stereocenters. The van der Waals surface area contributed by atoms with Crippen molar-refractivity contribution in [3.8, 4) is 0 Å². The van der Waals surface area contributed by atoms with Gasteiger partial charge in [0.1, 0.15) is 0 Å². The van der Waals surface area contributed by atoms with E-state index in [1.807, 2.05) is 0 Å². The van der Waals surface area contributed by atoms with Crippen molar-refractivity contribution in [2.24, 2.45) is 11.8 Å². The molecule has 3 rings (SSSR count). The van der Waals surface area contributed by atoms with Gasteiger partial charge in [0.15, 0.2) is 0 Å². The van der Waals surface area contributed by atoms with Gasteiger partial charge in [-0.1, -0.05) is 67.9 Å². The summed E-state index contributed by atoms with van der Waals surface area (Å²) in [6.07, 6.45) is 3.54. The topological polar surface area (TPSA) is 38.0 Å². The van der Waals surface area contributed by atoms with Gasteiger partial charge in [0.2, 0.25) is 0 Å². The molecule has 1 fully saturated rings. The molecule has 2 aromatic carbocycles. The van der Waals surface area contributed by atoms with Gasteiger partial charge in [-0.05, 0) is 41.4 Å². The average molecular weight is 280 g/mol. The van der Waals surface area contributed by atoms with Crippen LogP contribution in [0.3, 0.4) is 0 Å². The Morgan fingerprint density at radius 2 is 1.95 bits per heavy atom. The Morgan fingerprint density at radius 1 is 1.14 bits per heavy atom. The van der Waals surface area contributed by atoms with E-state index in [9.17, 15) is 0 Å². The average Bonchev–Trinajstić information content (AvgIpc) is 3.30. The van der Waals surface area contributed by atoms with E-state index in [2.05, 4.69) is 66.9 Å². The van der Waals surface area contributed by atoms with E-state index < -0.39 is 0 Å². The summed E-state index contributed by atoms with van der Waals surface area (Å²) in [4.78, 5) is 0. The Balaban J connectivity index is 1.76. The van der Waals surface area contributed by atoms with E-state index >= 15 is 0 Å². The Bertz CT molecular complexity index is 579. The number of rotatable bonds is 6. The zero-order valence-electron chi connectivity index (χ0n) is 12.6. The second-order valence-electron chi connectivity index (χ2n) is 6.06. The highest BCUT2D eigenvalue weighted by Gasteiger charge is 2.43. The quantitative estimate of drug-likeness (QED) is 0.621. The lowest BCUT2D eigenvalue weighted by Gasteiger charge is -2.17. The summed E-state index contributed by atoms with van der Waals surface area (Å²) in [7, 11) is 0. The van der Waals surface area contributed by atoms with Crippen LogP contribution in [0.1, 0.15) is 48.4 Å². The zero-order valence-corrected chi connectivity index (χ0v) is 12.6. The third kappa shape index (κ3) is 3.17. The van der Waals surface area contributed by atoms with Crippen LogP contribution in [-0.2, 0) is 6.42 Å². The predicted molar refractivity (Wildman–Crippen MR) is 87.8 cm³/mol. The second kappa shape index (κ2) is 6.42. The lowest BCUT2D eigenvalue weighted by molar-refractivity contribution is 0.487. The van der Waals surface area contributed by atoms with Crippen LogP contribution in [0.15, 0.2) is 54.6 Å². The first-order chi connectivity index (χ1) is 10.3. The third-order valence-electron chi connectivity index (χ3n) is 4.52. The van der Waals surface area contributed by atoms with Gasteiger partial charge in [-0.2, -0.15) is 0 Å². The van der Waals surface area contributed by atoms with Gasteiger partial charge in [-0.3, -0.25) is 11.3 Å². The van der Waals surface area contributed by atoms with Crippen LogP contribution >= 0.6 is 0 Å². The minimum atomic E-state index is 0.256. The fraction of sp³-hybridized carbons (Fsp3) is 0.368. The predicted octanol–water partition coefficient (Wildman–Crippen LogP) is 3.95. The monoisotopic (exact) mass is 280 g/mol. The zero-order chi connectivity index (χ0) is 14.7. The number of hydrogen-bond acceptors (Lipinski definition) is 2. The number of hydrazine groups is 1. The maximum atomic E-state index is 5.86. The Kier molecular flexibility index (Phi) is 4.37. The number of hydrogen-bond donors (Lipinski definition) is 2. The maximum absolute atomic E-state index is 5.86. The molecule has 0 saturated heterocycles. The van der Waals surface area contributed by atoms with Crippen molar-refractivity contribution in [3.63, 3.8) is 0 Å². The van der Waals surface area contributed by atoms with Crippen molar-refractivity contribution in [2.75, 3.05) is 0 Å². The summed E-state index contributed by atoms with van der Waals surface area (Å²) in [6, 6.07) is 19.9. The molecule has 110 valence electrons. The number of nitrogens with one attached hydrogen (secondary N) is 1. The summed E-state index contributed by atoms with van der Waals surface area (Å²) in [5.41, 5.74) is 7.22. The van der Waals surface area contributed by atoms with Crippen LogP contribution in [-0.4, -0.2) is 0 Å². The van der Waals surface area contributed by atoms with Crippen LogP contribution in [0.5, 0.6) is 0 Å². The van der Waals surface area contributed by atoms with E-state index in [1.165, 1.54) is 29.5 Å². The van der Waals surface area contributed by atoms with Crippen LogP contribution in [0.4, 0.5) is 0 Å². The first-order valence-corrected chi connectivity index (χ1v) is 7.93. The molecule has 2 nitrogen and oxygen atoms in total. The van der Waals surface area contributed by atoms with E-state index in [1.54, 1.807) is 0 Å². The molecule has 0 spiro atoms. The molecule has 3 atom stereocenters.